The van der Waals surface area contributed by atoms with Crippen LogP contribution in [0, 0.1) is 11.3 Å². The standard InChI is InChI=1S/C10H12N4O5/c11-4-10(18)7(16)5(3-15)19-8(10)14-2-1-6(12)13-9(14)17/h1-2,5,7-8,15-16,18H,3H2,(H2,12,13,17)/t5-,7-,8-,10+/m1/s1. The van der Waals surface area contributed by atoms with E-state index in [2.05, 4.69) is 4.98 Å². The Morgan fingerprint density at radius 1 is 1.68 bits per heavy atom. The lowest BCUT2D eigenvalue weighted by Crippen LogP contribution is -2.47. The summed E-state index contributed by atoms with van der Waals surface area (Å²) in [4.78, 5) is 15.1. The van der Waals surface area contributed by atoms with Crippen molar-refractivity contribution in [1.82, 2.24) is 9.55 Å². The fourth-order valence-electron chi connectivity index (χ4n) is 1.92. The number of aliphatic hydroxyl groups is 3. The van der Waals surface area contributed by atoms with Crippen LogP contribution in [0.3, 0.4) is 0 Å². The molecule has 2 heterocycles. The third kappa shape index (κ3) is 1.96. The van der Waals surface area contributed by atoms with Crippen molar-refractivity contribution in [3.63, 3.8) is 0 Å². The molecule has 0 amide bonds. The fraction of sp³-hybridized carbons (Fsp3) is 0.500. The molecule has 0 spiro atoms. The van der Waals surface area contributed by atoms with Gasteiger partial charge in [0.25, 0.3) is 0 Å². The van der Waals surface area contributed by atoms with E-state index in [0.717, 1.165) is 4.57 Å². The van der Waals surface area contributed by atoms with Crippen molar-refractivity contribution < 1.29 is 20.1 Å². The maximum Gasteiger partial charge on any atom is 0.351 e. The molecule has 0 unspecified atom stereocenters. The normalized spacial score (nSPS) is 34.1. The highest BCUT2D eigenvalue weighted by molar-refractivity contribution is 5.24. The number of hydrogen-bond donors (Lipinski definition) is 4. The number of aromatic nitrogens is 2. The third-order valence-corrected chi connectivity index (χ3v) is 2.95. The molecule has 9 heteroatoms. The summed E-state index contributed by atoms with van der Waals surface area (Å²) in [5.41, 5.74) is 2.12. The molecule has 0 radical (unpaired) electrons. The summed E-state index contributed by atoms with van der Waals surface area (Å²) in [6.07, 6.45) is -3.13. The molecule has 4 atom stereocenters. The number of ether oxygens (including phenoxy) is 1. The summed E-state index contributed by atoms with van der Waals surface area (Å²) in [7, 11) is 0. The van der Waals surface area contributed by atoms with Gasteiger partial charge in [-0.25, -0.2) is 4.79 Å². The number of nitriles is 1. The molecule has 0 saturated carbocycles. The molecule has 1 aromatic rings. The Morgan fingerprint density at radius 2 is 2.37 bits per heavy atom. The number of hydrogen-bond acceptors (Lipinski definition) is 8. The van der Waals surface area contributed by atoms with Gasteiger partial charge in [0.2, 0.25) is 5.60 Å². The molecule has 1 aliphatic heterocycles. The van der Waals surface area contributed by atoms with Gasteiger partial charge < -0.3 is 25.8 Å². The van der Waals surface area contributed by atoms with Gasteiger partial charge in [-0.15, -0.1) is 0 Å². The Labute approximate surface area is 107 Å². The zero-order valence-corrected chi connectivity index (χ0v) is 9.67. The van der Waals surface area contributed by atoms with Gasteiger partial charge in [0, 0.05) is 6.20 Å². The first-order valence-electron chi connectivity index (χ1n) is 5.36. The number of anilines is 1. The second-order valence-corrected chi connectivity index (χ2v) is 4.13. The maximum absolute atomic E-state index is 11.7. The summed E-state index contributed by atoms with van der Waals surface area (Å²) in [6, 6.07) is 2.77. The summed E-state index contributed by atoms with van der Waals surface area (Å²) in [5.74, 6) is -0.0287. The largest absolute Gasteiger partial charge is 0.394 e. The molecular formula is C10H12N4O5. The van der Waals surface area contributed by atoms with E-state index in [1.165, 1.54) is 18.3 Å². The van der Waals surface area contributed by atoms with Gasteiger partial charge in [-0.05, 0) is 6.07 Å². The van der Waals surface area contributed by atoms with E-state index in [9.17, 15) is 15.0 Å². The van der Waals surface area contributed by atoms with Gasteiger partial charge in [0.1, 0.15) is 24.1 Å². The monoisotopic (exact) mass is 268 g/mol. The summed E-state index contributed by atoms with van der Waals surface area (Å²) in [6.45, 7) is -0.612. The summed E-state index contributed by atoms with van der Waals surface area (Å²) in [5, 5.41) is 37.9. The SMILES string of the molecule is N#C[C@]1(O)[C@H](O)[C@@H](CO)O[C@H]1n1ccc(N)nc1=O. The summed E-state index contributed by atoms with van der Waals surface area (Å²) < 4.78 is 5.98. The van der Waals surface area contributed by atoms with Crippen LogP contribution in [0.1, 0.15) is 6.23 Å². The van der Waals surface area contributed by atoms with Crippen LogP contribution >= 0.6 is 0 Å². The van der Waals surface area contributed by atoms with E-state index in [4.69, 9.17) is 20.8 Å². The highest BCUT2D eigenvalue weighted by Gasteiger charge is 2.57. The van der Waals surface area contributed by atoms with Crippen molar-refractivity contribution in [1.29, 1.82) is 5.26 Å². The van der Waals surface area contributed by atoms with Gasteiger partial charge >= 0.3 is 5.69 Å². The van der Waals surface area contributed by atoms with Crippen LogP contribution in [0.2, 0.25) is 0 Å². The first-order valence-corrected chi connectivity index (χ1v) is 5.36. The van der Waals surface area contributed by atoms with Crippen LogP contribution in [0.25, 0.3) is 0 Å². The molecule has 1 saturated heterocycles. The van der Waals surface area contributed by atoms with Gasteiger partial charge in [0.15, 0.2) is 6.23 Å². The maximum atomic E-state index is 11.7. The van der Waals surface area contributed by atoms with Crippen LogP contribution < -0.4 is 11.4 Å². The van der Waals surface area contributed by atoms with E-state index < -0.39 is 36.3 Å². The quantitative estimate of drug-likeness (QED) is 0.423. The second-order valence-electron chi connectivity index (χ2n) is 4.13. The second kappa shape index (κ2) is 4.60. The molecule has 102 valence electrons. The van der Waals surface area contributed by atoms with E-state index in [1.54, 1.807) is 0 Å². The highest BCUT2D eigenvalue weighted by atomic mass is 16.6. The molecule has 19 heavy (non-hydrogen) atoms. The number of rotatable bonds is 2. The minimum Gasteiger partial charge on any atom is -0.394 e. The molecule has 0 bridgehead atoms. The molecule has 1 fully saturated rings. The van der Waals surface area contributed by atoms with Crippen molar-refractivity contribution in [2.75, 3.05) is 12.3 Å². The Morgan fingerprint density at radius 3 is 2.89 bits per heavy atom. The smallest absolute Gasteiger partial charge is 0.351 e. The fourth-order valence-corrected chi connectivity index (χ4v) is 1.92. The van der Waals surface area contributed by atoms with Crippen molar-refractivity contribution in [2.45, 2.75) is 24.0 Å². The lowest BCUT2D eigenvalue weighted by molar-refractivity contribution is -0.0773. The Balaban J connectivity index is 2.49. The average Bonchev–Trinajstić information content (AvgIpc) is 2.63. The molecule has 9 nitrogen and oxygen atoms in total. The lowest BCUT2D eigenvalue weighted by Gasteiger charge is -2.24. The lowest BCUT2D eigenvalue weighted by atomic mass is 9.96. The van der Waals surface area contributed by atoms with Crippen LogP contribution in [-0.4, -0.2) is 49.3 Å². The van der Waals surface area contributed by atoms with Crippen molar-refractivity contribution in [3.05, 3.63) is 22.7 Å². The van der Waals surface area contributed by atoms with Gasteiger partial charge in [0.05, 0.1) is 6.61 Å². The molecule has 0 aromatic carbocycles. The first kappa shape index (κ1) is 13.4. The topological polar surface area (TPSA) is 155 Å². The average molecular weight is 268 g/mol. The number of nitrogens with zero attached hydrogens (tertiary/aromatic N) is 3. The summed E-state index contributed by atoms with van der Waals surface area (Å²) >= 11 is 0. The van der Waals surface area contributed by atoms with E-state index in [-0.39, 0.29) is 5.82 Å². The zero-order chi connectivity index (χ0) is 14.2. The predicted octanol–water partition coefficient (Wildman–Crippen LogP) is -2.67. The van der Waals surface area contributed by atoms with Crippen LogP contribution in [0.4, 0.5) is 5.82 Å². The zero-order valence-electron chi connectivity index (χ0n) is 9.67. The van der Waals surface area contributed by atoms with Gasteiger partial charge in [-0.1, -0.05) is 0 Å². The Kier molecular flexibility index (Phi) is 3.25. The van der Waals surface area contributed by atoms with Crippen LogP contribution in [0.15, 0.2) is 17.1 Å². The number of nitrogens with two attached hydrogens (primary N) is 1. The number of aliphatic hydroxyl groups excluding tert-OH is 2. The van der Waals surface area contributed by atoms with E-state index >= 15 is 0 Å². The predicted molar refractivity (Wildman–Crippen MR) is 60.5 cm³/mol. The molecular weight excluding hydrogens is 256 g/mol. The third-order valence-electron chi connectivity index (χ3n) is 2.95. The minimum absolute atomic E-state index is 0.0287. The molecule has 5 N–H and O–H groups in total. The van der Waals surface area contributed by atoms with E-state index in [1.807, 2.05) is 0 Å². The van der Waals surface area contributed by atoms with Gasteiger partial charge in [-0.3, -0.25) is 4.57 Å². The molecule has 2 rings (SSSR count). The van der Waals surface area contributed by atoms with Crippen LogP contribution in [-0.2, 0) is 4.74 Å². The number of nitrogen functional groups attached to an aromatic ring is 1. The van der Waals surface area contributed by atoms with Gasteiger partial charge in [-0.2, -0.15) is 10.2 Å². The molecule has 0 aliphatic carbocycles. The molecule has 1 aromatic heterocycles. The van der Waals surface area contributed by atoms with Crippen molar-refractivity contribution in [2.24, 2.45) is 0 Å². The Hall–Kier alpha value is -1.99. The minimum atomic E-state index is -2.37. The van der Waals surface area contributed by atoms with Crippen LogP contribution in [0.5, 0.6) is 0 Å². The first-order chi connectivity index (χ1) is 8.93. The molecule has 1 aliphatic rings. The Bertz CT molecular complexity index is 582. The van der Waals surface area contributed by atoms with Crippen molar-refractivity contribution in [3.8, 4) is 6.07 Å². The highest BCUT2D eigenvalue weighted by Crippen LogP contribution is 2.37. The van der Waals surface area contributed by atoms with Crippen molar-refractivity contribution >= 4 is 5.82 Å². The van der Waals surface area contributed by atoms with E-state index in [0.29, 0.717) is 0 Å².